The van der Waals surface area contributed by atoms with Crippen LogP contribution in [0.5, 0.6) is 0 Å². The molecule has 25 heavy (non-hydrogen) atoms. The van der Waals surface area contributed by atoms with Gasteiger partial charge in [0.15, 0.2) is 5.78 Å². The van der Waals surface area contributed by atoms with E-state index in [1.165, 1.54) is 44.9 Å². The van der Waals surface area contributed by atoms with Gasteiger partial charge in [-0.1, -0.05) is 70.4 Å². The second-order valence-corrected chi connectivity index (χ2v) is 6.29. The van der Waals surface area contributed by atoms with Crippen molar-refractivity contribution in [1.29, 1.82) is 0 Å². The first-order valence-electron chi connectivity index (χ1n) is 9.23. The SMILES string of the molecule is CCCCCCCCCCCC(=O)c1ccccc1NCC(=O)O.[NaH]. The number of para-hydroxylation sites is 1. The average molecular weight is 357 g/mol. The quantitative estimate of drug-likeness (QED) is 0.289. The van der Waals surface area contributed by atoms with Crippen LogP contribution < -0.4 is 5.32 Å². The van der Waals surface area contributed by atoms with Gasteiger partial charge in [0, 0.05) is 17.7 Å². The molecule has 1 aromatic carbocycles. The molecule has 0 bridgehead atoms. The zero-order chi connectivity index (χ0) is 17.6. The molecule has 0 spiro atoms. The Morgan fingerprint density at radius 2 is 1.48 bits per heavy atom. The first-order chi connectivity index (χ1) is 11.6. The topological polar surface area (TPSA) is 66.4 Å². The first-order valence-corrected chi connectivity index (χ1v) is 9.23. The number of carbonyl (C=O) groups is 2. The Hall–Kier alpha value is -0.840. The number of Topliss-reactive ketones (excluding diaryl/α,β-unsaturated/α-hetero) is 1. The van der Waals surface area contributed by atoms with Crippen LogP contribution in [0, 0.1) is 0 Å². The van der Waals surface area contributed by atoms with Gasteiger partial charge in [-0.05, 0) is 18.6 Å². The van der Waals surface area contributed by atoms with Crippen LogP contribution >= 0.6 is 0 Å². The van der Waals surface area contributed by atoms with Crippen LogP contribution in [0.1, 0.15) is 81.5 Å². The van der Waals surface area contributed by atoms with Gasteiger partial charge in [-0.3, -0.25) is 9.59 Å². The molecule has 0 radical (unpaired) electrons. The predicted molar refractivity (Wildman–Crippen MR) is 106 cm³/mol. The number of ketones is 1. The van der Waals surface area contributed by atoms with Gasteiger partial charge in [0.2, 0.25) is 0 Å². The third kappa shape index (κ3) is 11.4. The standard InChI is InChI=1S/C20H31NO3.Na.H/c1-2-3-4-5-6-7-8-9-10-15-19(22)17-13-11-12-14-18(17)21-16-20(23)24;;/h11-14,21H,2-10,15-16H2,1H3,(H,23,24);;. The Balaban J connectivity index is 0.00000576. The number of anilines is 1. The van der Waals surface area contributed by atoms with Crippen molar-refractivity contribution in [2.45, 2.75) is 71.1 Å². The molecule has 0 amide bonds. The molecule has 0 unspecified atom stereocenters. The number of carbonyl (C=O) groups excluding carboxylic acids is 1. The number of hydrogen-bond acceptors (Lipinski definition) is 3. The van der Waals surface area contributed by atoms with Gasteiger partial charge in [0.05, 0.1) is 0 Å². The monoisotopic (exact) mass is 357 g/mol. The van der Waals surface area contributed by atoms with Crippen molar-refractivity contribution in [2.75, 3.05) is 11.9 Å². The van der Waals surface area contributed by atoms with Crippen molar-refractivity contribution in [3.05, 3.63) is 29.8 Å². The summed E-state index contributed by atoms with van der Waals surface area (Å²) in [6.07, 6.45) is 11.6. The predicted octanol–water partition coefficient (Wildman–Crippen LogP) is 4.64. The Labute approximate surface area is 174 Å². The number of hydrogen-bond donors (Lipinski definition) is 2. The molecule has 0 aliphatic heterocycles. The minimum absolute atomic E-state index is 0. The van der Waals surface area contributed by atoms with Crippen molar-refractivity contribution in [3.8, 4) is 0 Å². The number of nitrogens with one attached hydrogen (secondary N) is 1. The van der Waals surface area contributed by atoms with Crippen LogP contribution in [0.25, 0.3) is 0 Å². The van der Waals surface area contributed by atoms with E-state index in [-0.39, 0.29) is 41.9 Å². The maximum absolute atomic E-state index is 12.3. The number of aliphatic carboxylic acids is 1. The van der Waals surface area contributed by atoms with E-state index in [1.54, 1.807) is 18.2 Å². The maximum atomic E-state index is 12.3. The van der Waals surface area contributed by atoms with Gasteiger partial charge in [-0.2, -0.15) is 0 Å². The molecule has 0 heterocycles. The summed E-state index contributed by atoms with van der Waals surface area (Å²) in [6, 6.07) is 7.14. The molecule has 4 nitrogen and oxygen atoms in total. The number of rotatable bonds is 14. The molecule has 0 saturated heterocycles. The van der Waals surface area contributed by atoms with Gasteiger partial charge in [0.1, 0.15) is 6.54 Å². The van der Waals surface area contributed by atoms with Crippen LogP contribution in [-0.4, -0.2) is 53.0 Å². The Morgan fingerprint density at radius 3 is 2.08 bits per heavy atom. The summed E-state index contributed by atoms with van der Waals surface area (Å²) in [4.78, 5) is 23.0. The molecule has 0 aromatic heterocycles. The van der Waals surface area contributed by atoms with Gasteiger partial charge in [-0.25, -0.2) is 0 Å². The number of benzene rings is 1. The molecule has 5 heteroatoms. The van der Waals surface area contributed by atoms with E-state index in [1.807, 2.05) is 6.07 Å². The van der Waals surface area contributed by atoms with E-state index in [0.29, 0.717) is 17.7 Å². The van der Waals surface area contributed by atoms with Crippen LogP contribution in [0.3, 0.4) is 0 Å². The molecule has 1 rings (SSSR count). The fraction of sp³-hybridized carbons (Fsp3) is 0.600. The molecule has 0 atom stereocenters. The third-order valence-electron chi connectivity index (χ3n) is 4.16. The Morgan fingerprint density at radius 1 is 0.920 bits per heavy atom. The fourth-order valence-electron chi connectivity index (χ4n) is 2.78. The van der Waals surface area contributed by atoms with Crippen molar-refractivity contribution in [1.82, 2.24) is 0 Å². The minimum atomic E-state index is -0.934. The van der Waals surface area contributed by atoms with E-state index in [0.717, 1.165) is 12.8 Å². The van der Waals surface area contributed by atoms with E-state index in [2.05, 4.69) is 12.2 Å². The van der Waals surface area contributed by atoms with Gasteiger partial charge < -0.3 is 10.4 Å². The zero-order valence-corrected chi connectivity index (χ0v) is 14.9. The summed E-state index contributed by atoms with van der Waals surface area (Å²) in [7, 11) is 0. The van der Waals surface area contributed by atoms with E-state index in [9.17, 15) is 9.59 Å². The molecule has 0 aliphatic rings. The Kier molecular flexibility index (Phi) is 14.9. The van der Waals surface area contributed by atoms with Crippen LogP contribution in [0.15, 0.2) is 24.3 Å². The van der Waals surface area contributed by atoms with E-state index < -0.39 is 5.97 Å². The summed E-state index contributed by atoms with van der Waals surface area (Å²) in [6.45, 7) is 2.05. The molecule has 1 aromatic rings. The van der Waals surface area contributed by atoms with Crippen molar-refractivity contribution < 1.29 is 14.7 Å². The molecule has 0 fully saturated rings. The summed E-state index contributed by atoms with van der Waals surface area (Å²) in [5.41, 5.74) is 1.21. The Bertz CT molecular complexity index is 505. The van der Waals surface area contributed by atoms with Crippen molar-refractivity contribution in [3.63, 3.8) is 0 Å². The fourth-order valence-corrected chi connectivity index (χ4v) is 2.78. The van der Waals surface area contributed by atoms with Crippen molar-refractivity contribution >= 4 is 47.0 Å². The van der Waals surface area contributed by atoms with Crippen LogP contribution in [0.2, 0.25) is 0 Å². The van der Waals surface area contributed by atoms with Crippen LogP contribution in [-0.2, 0) is 4.79 Å². The summed E-state index contributed by atoms with van der Waals surface area (Å²) in [5, 5.41) is 11.6. The van der Waals surface area contributed by atoms with Gasteiger partial charge >= 0.3 is 35.5 Å². The van der Waals surface area contributed by atoms with Crippen LogP contribution in [0.4, 0.5) is 5.69 Å². The second kappa shape index (κ2) is 15.4. The normalized spacial score (nSPS) is 10.1. The number of unbranched alkanes of at least 4 members (excludes halogenated alkanes) is 8. The number of carboxylic acid groups (broad SMARTS) is 1. The first kappa shape index (κ1) is 24.2. The molecule has 0 saturated carbocycles. The summed E-state index contributed by atoms with van der Waals surface area (Å²) in [5.74, 6) is -0.845. The molecule has 2 N–H and O–H groups in total. The van der Waals surface area contributed by atoms with Crippen molar-refractivity contribution in [2.24, 2.45) is 0 Å². The second-order valence-electron chi connectivity index (χ2n) is 6.29. The molecular weight excluding hydrogens is 325 g/mol. The molecule has 0 aliphatic carbocycles. The average Bonchev–Trinajstić information content (AvgIpc) is 2.58. The van der Waals surface area contributed by atoms with Gasteiger partial charge in [0.25, 0.3) is 0 Å². The molecule has 136 valence electrons. The third-order valence-corrected chi connectivity index (χ3v) is 4.16. The zero-order valence-electron chi connectivity index (χ0n) is 14.9. The van der Waals surface area contributed by atoms with Gasteiger partial charge in [-0.15, -0.1) is 0 Å². The summed E-state index contributed by atoms with van der Waals surface area (Å²) >= 11 is 0. The number of carboxylic acids is 1. The summed E-state index contributed by atoms with van der Waals surface area (Å²) < 4.78 is 0. The van der Waals surface area contributed by atoms with E-state index >= 15 is 0 Å². The van der Waals surface area contributed by atoms with E-state index in [4.69, 9.17) is 5.11 Å². The molecular formula is C20H32NNaO3.